The Kier molecular flexibility index (Phi) is 8.68. The van der Waals surface area contributed by atoms with Gasteiger partial charge >= 0.3 is 5.97 Å². The van der Waals surface area contributed by atoms with E-state index >= 15 is 0 Å². The maximum absolute atomic E-state index is 13.3. The molecular weight excluding hydrogens is 406 g/mol. The van der Waals surface area contributed by atoms with E-state index in [1.54, 1.807) is 0 Å². The lowest BCUT2D eigenvalue weighted by Gasteiger charge is -2.29. The largest absolute Gasteiger partial charge is 0.493 e. The number of benzene rings is 2. The zero-order valence-electron chi connectivity index (χ0n) is 19.0. The first-order valence-electron chi connectivity index (χ1n) is 11.4. The maximum atomic E-state index is 13.3. The lowest BCUT2D eigenvalue weighted by molar-refractivity contribution is -0.137. The number of ether oxygens (including phenoxy) is 2. The third kappa shape index (κ3) is 6.57. The number of hydrogen-bond donors (Lipinski definition) is 1. The number of carbonyl (C=O) groups excluding carboxylic acids is 1. The van der Waals surface area contributed by atoms with Gasteiger partial charge in [-0.2, -0.15) is 0 Å². The summed E-state index contributed by atoms with van der Waals surface area (Å²) in [6.07, 6.45) is 3.65. The molecule has 1 fully saturated rings. The topological polar surface area (TPSA) is 76.1 Å². The lowest BCUT2D eigenvalue weighted by Crippen LogP contribution is -2.36. The monoisotopic (exact) mass is 439 g/mol. The lowest BCUT2D eigenvalue weighted by atomic mass is 10.0. The molecule has 1 amide bonds. The highest BCUT2D eigenvalue weighted by Gasteiger charge is 2.23. The quantitative estimate of drug-likeness (QED) is 0.459. The number of aliphatic carboxylic acids is 1. The van der Waals surface area contributed by atoms with Gasteiger partial charge in [0.2, 0.25) is 0 Å². The first-order valence-corrected chi connectivity index (χ1v) is 11.4. The second-order valence-corrected chi connectivity index (χ2v) is 8.46. The van der Waals surface area contributed by atoms with E-state index in [4.69, 9.17) is 14.6 Å². The highest BCUT2D eigenvalue weighted by molar-refractivity contribution is 5.94. The fraction of sp³-hybridized carbons (Fsp3) is 0.462. The van der Waals surface area contributed by atoms with Crippen molar-refractivity contribution in [3.8, 4) is 5.75 Å². The molecule has 1 saturated heterocycles. The van der Waals surface area contributed by atoms with Gasteiger partial charge in [-0.15, -0.1) is 0 Å². The SMILES string of the molecule is CC(C)N(Cc1ccccc1OCCCCCC(=O)O)C(=O)c1ccc(C2CCO2)cc1. The molecule has 1 aliphatic heterocycles. The molecule has 1 heterocycles. The van der Waals surface area contributed by atoms with Crippen molar-refractivity contribution in [2.75, 3.05) is 13.2 Å². The molecule has 1 atom stereocenters. The van der Waals surface area contributed by atoms with Gasteiger partial charge in [0, 0.05) is 36.6 Å². The summed E-state index contributed by atoms with van der Waals surface area (Å²) in [6.45, 7) is 5.81. The summed E-state index contributed by atoms with van der Waals surface area (Å²) in [5.41, 5.74) is 2.74. The highest BCUT2D eigenvalue weighted by Crippen LogP contribution is 2.29. The third-order valence-electron chi connectivity index (χ3n) is 5.72. The van der Waals surface area contributed by atoms with Crippen LogP contribution in [0.5, 0.6) is 5.75 Å². The summed E-state index contributed by atoms with van der Waals surface area (Å²) in [7, 11) is 0. The van der Waals surface area contributed by atoms with Gasteiger partial charge in [0.25, 0.3) is 5.91 Å². The summed E-state index contributed by atoms with van der Waals surface area (Å²) < 4.78 is 11.5. The number of unbranched alkanes of at least 4 members (excludes halogenated alkanes) is 2. The minimum atomic E-state index is -0.763. The summed E-state index contributed by atoms with van der Waals surface area (Å²) in [5, 5.41) is 8.72. The van der Waals surface area contributed by atoms with Gasteiger partial charge in [-0.05, 0) is 56.9 Å². The number of amides is 1. The van der Waals surface area contributed by atoms with E-state index in [1.165, 1.54) is 0 Å². The number of carboxylic acids is 1. The van der Waals surface area contributed by atoms with Crippen LogP contribution < -0.4 is 4.74 Å². The number of para-hydroxylation sites is 1. The molecule has 6 nitrogen and oxygen atoms in total. The first-order chi connectivity index (χ1) is 15.5. The number of rotatable bonds is 12. The van der Waals surface area contributed by atoms with Crippen LogP contribution in [0.3, 0.4) is 0 Å². The predicted octanol–water partition coefficient (Wildman–Crippen LogP) is 5.22. The van der Waals surface area contributed by atoms with E-state index in [9.17, 15) is 9.59 Å². The van der Waals surface area contributed by atoms with Crippen LogP contribution in [0.4, 0.5) is 0 Å². The Morgan fingerprint density at radius 3 is 2.44 bits per heavy atom. The molecule has 0 bridgehead atoms. The van der Waals surface area contributed by atoms with Crippen molar-refractivity contribution in [1.29, 1.82) is 0 Å². The molecule has 0 saturated carbocycles. The number of nitrogens with zero attached hydrogens (tertiary/aromatic N) is 1. The van der Waals surface area contributed by atoms with Gasteiger partial charge in [0.1, 0.15) is 5.75 Å². The van der Waals surface area contributed by atoms with E-state index in [0.29, 0.717) is 25.1 Å². The summed E-state index contributed by atoms with van der Waals surface area (Å²) in [4.78, 5) is 25.7. The van der Waals surface area contributed by atoms with Gasteiger partial charge in [-0.1, -0.05) is 30.3 Å². The van der Waals surface area contributed by atoms with Crippen LogP contribution >= 0.6 is 0 Å². The van der Waals surface area contributed by atoms with E-state index in [0.717, 1.165) is 42.7 Å². The molecule has 3 rings (SSSR count). The van der Waals surface area contributed by atoms with E-state index < -0.39 is 5.97 Å². The standard InChI is InChI=1S/C26H33NO5/c1-19(2)27(26(30)21-13-11-20(12-14-21)24-15-17-32-24)18-22-8-5-6-9-23(22)31-16-7-3-4-10-25(28)29/h5-6,8-9,11-14,19,24H,3-4,7,10,15-18H2,1-2H3,(H,28,29). The van der Waals surface area contributed by atoms with Gasteiger partial charge in [-0.3, -0.25) is 9.59 Å². The van der Waals surface area contributed by atoms with Crippen LogP contribution in [0.25, 0.3) is 0 Å². The Hall–Kier alpha value is -2.86. The molecular formula is C26H33NO5. The molecule has 1 unspecified atom stereocenters. The Bertz CT molecular complexity index is 889. The van der Waals surface area contributed by atoms with Crippen molar-refractivity contribution < 1.29 is 24.2 Å². The summed E-state index contributed by atoms with van der Waals surface area (Å²) >= 11 is 0. The van der Waals surface area contributed by atoms with Crippen LogP contribution in [0, 0.1) is 0 Å². The van der Waals surface area contributed by atoms with Gasteiger partial charge in [-0.25, -0.2) is 0 Å². The third-order valence-corrected chi connectivity index (χ3v) is 5.72. The summed E-state index contributed by atoms with van der Waals surface area (Å²) in [6, 6.07) is 15.5. The van der Waals surface area contributed by atoms with Crippen LogP contribution in [-0.2, 0) is 16.1 Å². The fourth-order valence-electron chi connectivity index (χ4n) is 3.69. The molecule has 2 aromatic carbocycles. The molecule has 0 aromatic heterocycles. The molecule has 0 aliphatic carbocycles. The van der Waals surface area contributed by atoms with Crippen LogP contribution in [0.1, 0.15) is 73.5 Å². The van der Waals surface area contributed by atoms with Crippen molar-refractivity contribution >= 4 is 11.9 Å². The molecule has 2 aromatic rings. The highest BCUT2D eigenvalue weighted by atomic mass is 16.5. The molecule has 0 spiro atoms. The predicted molar refractivity (Wildman–Crippen MR) is 123 cm³/mol. The summed E-state index contributed by atoms with van der Waals surface area (Å²) in [5.74, 6) is -0.00747. The Morgan fingerprint density at radius 2 is 1.81 bits per heavy atom. The second-order valence-electron chi connectivity index (χ2n) is 8.46. The van der Waals surface area contributed by atoms with Crippen LogP contribution in [0.2, 0.25) is 0 Å². The number of hydrogen-bond acceptors (Lipinski definition) is 4. The minimum absolute atomic E-state index is 0.00967. The Balaban J connectivity index is 1.61. The van der Waals surface area contributed by atoms with Crippen molar-refractivity contribution in [3.63, 3.8) is 0 Å². The molecule has 172 valence electrons. The maximum Gasteiger partial charge on any atom is 0.303 e. The molecule has 6 heteroatoms. The van der Waals surface area contributed by atoms with Crippen molar-refractivity contribution in [2.24, 2.45) is 0 Å². The zero-order valence-corrected chi connectivity index (χ0v) is 19.0. The smallest absolute Gasteiger partial charge is 0.303 e. The van der Waals surface area contributed by atoms with E-state index in [1.807, 2.05) is 67.3 Å². The second kappa shape index (κ2) is 11.7. The van der Waals surface area contributed by atoms with Gasteiger partial charge < -0.3 is 19.5 Å². The normalized spacial score (nSPS) is 15.3. The number of carboxylic acid groups (broad SMARTS) is 1. The fourth-order valence-corrected chi connectivity index (χ4v) is 3.69. The van der Waals surface area contributed by atoms with Gasteiger partial charge in [0.15, 0.2) is 0 Å². The number of carbonyl (C=O) groups is 2. The first kappa shape index (κ1) is 23.8. The minimum Gasteiger partial charge on any atom is -0.493 e. The average molecular weight is 440 g/mol. The van der Waals surface area contributed by atoms with Crippen LogP contribution in [-0.4, -0.2) is 41.1 Å². The zero-order chi connectivity index (χ0) is 22.9. The van der Waals surface area contributed by atoms with Gasteiger partial charge in [0.05, 0.1) is 19.3 Å². The molecule has 1 N–H and O–H groups in total. The van der Waals surface area contributed by atoms with Crippen molar-refractivity contribution in [3.05, 3.63) is 65.2 Å². The molecule has 0 radical (unpaired) electrons. The Labute approximate surface area is 190 Å². The van der Waals surface area contributed by atoms with Crippen molar-refractivity contribution in [1.82, 2.24) is 4.90 Å². The molecule has 1 aliphatic rings. The van der Waals surface area contributed by atoms with E-state index in [2.05, 4.69) is 0 Å². The van der Waals surface area contributed by atoms with Crippen molar-refractivity contribution in [2.45, 2.75) is 64.6 Å². The molecule has 32 heavy (non-hydrogen) atoms. The average Bonchev–Trinajstić information content (AvgIpc) is 2.73. The van der Waals surface area contributed by atoms with E-state index in [-0.39, 0.29) is 24.5 Å². The Morgan fingerprint density at radius 1 is 1.09 bits per heavy atom. The van der Waals surface area contributed by atoms with Crippen LogP contribution in [0.15, 0.2) is 48.5 Å².